The van der Waals surface area contributed by atoms with Crippen LogP contribution in [-0.4, -0.2) is 34.8 Å². The summed E-state index contributed by atoms with van der Waals surface area (Å²) in [5.74, 6) is 0.263. The molecule has 2 heterocycles. The van der Waals surface area contributed by atoms with Crippen LogP contribution < -0.4 is 10.6 Å². The van der Waals surface area contributed by atoms with E-state index in [1.54, 1.807) is 4.68 Å². The average Bonchev–Trinajstić information content (AvgIpc) is 3.18. The first-order chi connectivity index (χ1) is 11.5. The number of aryl methyl sites for hydroxylation is 1. The number of amides is 1. The Hall–Kier alpha value is -1.66. The summed E-state index contributed by atoms with van der Waals surface area (Å²) in [5, 5.41) is 10.7. The molecule has 0 saturated carbocycles. The van der Waals surface area contributed by atoms with Gasteiger partial charge in [-0.15, -0.1) is 0 Å². The minimum atomic E-state index is -0.0455. The van der Waals surface area contributed by atoms with Gasteiger partial charge in [0.15, 0.2) is 0 Å². The molecular weight excluding hydrogens is 368 g/mol. The fraction of sp³-hybridized carbons (Fsp3) is 0.444. The lowest BCUT2D eigenvalue weighted by Crippen LogP contribution is -2.40. The number of carbonyl (C=O) groups is 1. The number of benzene rings is 1. The van der Waals surface area contributed by atoms with E-state index >= 15 is 0 Å². The van der Waals surface area contributed by atoms with Gasteiger partial charge in [-0.1, -0.05) is 34.1 Å². The molecule has 2 N–H and O–H groups in total. The molecule has 3 atom stereocenters. The molecule has 0 bridgehead atoms. The van der Waals surface area contributed by atoms with Gasteiger partial charge in [0.25, 0.3) is 0 Å². The number of halogens is 1. The predicted molar refractivity (Wildman–Crippen MR) is 97.8 cm³/mol. The van der Waals surface area contributed by atoms with E-state index < -0.39 is 0 Å². The number of carbonyl (C=O) groups excluding carboxylic acids is 1. The third-order valence-corrected chi connectivity index (χ3v) is 5.35. The first-order valence-electron chi connectivity index (χ1n) is 8.27. The molecule has 6 heteroatoms. The second kappa shape index (κ2) is 7.49. The molecular formula is C18H23BrN4O. The lowest BCUT2D eigenvalue weighted by Gasteiger charge is -2.21. The van der Waals surface area contributed by atoms with Crippen molar-refractivity contribution >= 4 is 21.8 Å². The number of rotatable bonds is 5. The van der Waals surface area contributed by atoms with Crippen molar-refractivity contribution in [1.29, 1.82) is 0 Å². The van der Waals surface area contributed by atoms with Crippen LogP contribution in [0.3, 0.4) is 0 Å². The monoisotopic (exact) mass is 390 g/mol. The van der Waals surface area contributed by atoms with Crippen molar-refractivity contribution in [2.45, 2.75) is 25.3 Å². The van der Waals surface area contributed by atoms with Crippen LogP contribution in [0.25, 0.3) is 0 Å². The highest BCUT2D eigenvalue weighted by molar-refractivity contribution is 9.10. The molecule has 2 aromatic rings. The highest BCUT2D eigenvalue weighted by atomic mass is 79.9. The van der Waals surface area contributed by atoms with Crippen LogP contribution in [0.2, 0.25) is 0 Å². The molecule has 0 spiro atoms. The van der Waals surface area contributed by atoms with E-state index in [9.17, 15) is 4.79 Å². The summed E-state index contributed by atoms with van der Waals surface area (Å²) in [6.07, 6.45) is 4.68. The highest BCUT2D eigenvalue weighted by Crippen LogP contribution is 2.28. The second-order valence-corrected chi connectivity index (χ2v) is 7.38. The smallest absolute Gasteiger partial charge is 0.225 e. The maximum Gasteiger partial charge on any atom is 0.225 e. The van der Waals surface area contributed by atoms with Gasteiger partial charge in [-0.05, 0) is 30.5 Å². The summed E-state index contributed by atoms with van der Waals surface area (Å²) >= 11 is 3.57. The summed E-state index contributed by atoms with van der Waals surface area (Å²) in [4.78, 5) is 12.7. The zero-order valence-corrected chi connectivity index (χ0v) is 15.6. The fourth-order valence-electron chi connectivity index (χ4n) is 3.33. The topological polar surface area (TPSA) is 59.0 Å². The van der Waals surface area contributed by atoms with Crippen molar-refractivity contribution in [2.75, 3.05) is 13.1 Å². The van der Waals surface area contributed by atoms with Crippen molar-refractivity contribution in [2.24, 2.45) is 13.0 Å². The molecule has 5 nitrogen and oxygen atoms in total. The van der Waals surface area contributed by atoms with Gasteiger partial charge in [-0.3, -0.25) is 9.48 Å². The van der Waals surface area contributed by atoms with Gasteiger partial charge in [0.2, 0.25) is 5.91 Å². The molecule has 0 aliphatic carbocycles. The maximum absolute atomic E-state index is 12.7. The van der Waals surface area contributed by atoms with Crippen molar-refractivity contribution in [3.8, 4) is 0 Å². The number of nitrogens with one attached hydrogen (secondary N) is 2. The van der Waals surface area contributed by atoms with E-state index in [2.05, 4.69) is 44.7 Å². The van der Waals surface area contributed by atoms with Crippen LogP contribution in [0.4, 0.5) is 0 Å². The zero-order valence-electron chi connectivity index (χ0n) is 14.0. The largest absolute Gasteiger partial charge is 0.353 e. The minimum absolute atomic E-state index is 0.0455. The third kappa shape index (κ3) is 3.87. The van der Waals surface area contributed by atoms with E-state index in [1.807, 2.05) is 37.6 Å². The molecule has 1 unspecified atom stereocenters. The summed E-state index contributed by atoms with van der Waals surface area (Å²) in [5.41, 5.74) is 2.33. The lowest BCUT2D eigenvalue weighted by molar-refractivity contribution is -0.125. The van der Waals surface area contributed by atoms with Crippen LogP contribution in [0, 0.1) is 5.92 Å². The number of nitrogens with zero attached hydrogens (tertiary/aromatic N) is 2. The van der Waals surface area contributed by atoms with Crippen LogP contribution in [0.5, 0.6) is 0 Å². The molecule has 128 valence electrons. The molecule has 1 aromatic carbocycles. The summed E-state index contributed by atoms with van der Waals surface area (Å²) < 4.78 is 2.87. The van der Waals surface area contributed by atoms with Gasteiger partial charge >= 0.3 is 0 Å². The molecule has 1 fully saturated rings. The molecule has 1 saturated heterocycles. The van der Waals surface area contributed by atoms with Gasteiger partial charge in [0, 0.05) is 42.8 Å². The highest BCUT2D eigenvalue weighted by Gasteiger charge is 2.35. The number of aromatic nitrogens is 2. The normalized spacial score (nSPS) is 21.6. The Morgan fingerprint density at radius 2 is 2.25 bits per heavy atom. The summed E-state index contributed by atoms with van der Waals surface area (Å²) in [6.45, 7) is 3.59. The van der Waals surface area contributed by atoms with Gasteiger partial charge in [0.1, 0.15) is 0 Å². The Kier molecular flexibility index (Phi) is 5.36. The minimum Gasteiger partial charge on any atom is -0.353 e. The van der Waals surface area contributed by atoms with E-state index in [-0.39, 0.29) is 23.8 Å². The quantitative estimate of drug-likeness (QED) is 0.822. The summed E-state index contributed by atoms with van der Waals surface area (Å²) in [6, 6.07) is 8.23. The van der Waals surface area contributed by atoms with Crippen molar-refractivity contribution in [3.05, 3.63) is 52.3 Å². The molecule has 1 aromatic heterocycles. The molecule has 0 radical (unpaired) electrons. The van der Waals surface area contributed by atoms with E-state index in [4.69, 9.17) is 0 Å². The van der Waals surface area contributed by atoms with Gasteiger partial charge in [-0.25, -0.2) is 0 Å². The lowest BCUT2D eigenvalue weighted by atomic mass is 9.90. The van der Waals surface area contributed by atoms with Crippen LogP contribution in [0.15, 0.2) is 41.1 Å². The van der Waals surface area contributed by atoms with Crippen molar-refractivity contribution in [3.63, 3.8) is 0 Å². The Balaban J connectivity index is 1.62. The average molecular weight is 391 g/mol. The Bertz CT molecular complexity index is 715. The number of hydrogen-bond donors (Lipinski definition) is 2. The van der Waals surface area contributed by atoms with Gasteiger partial charge in [0.05, 0.1) is 12.1 Å². The van der Waals surface area contributed by atoms with Crippen LogP contribution >= 0.6 is 15.9 Å². The van der Waals surface area contributed by atoms with Gasteiger partial charge < -0.3 is 10.6 Å². The molecule has 3 rings (SSSR count). The van der Waals surface area contributed by atoms with Crippen LogP contribution in [0.1, 0.15) is 24.0 Å². The van der Waals surface area contributed by atoms with E-state index in [0.29, 0.717) is 6.54 Å². The Morgan fingerprint density at radius 1 is 1.46 bits per heavy atom. The SMILES string of the molecule is CC(Cc1ccccc1Br)NC(=O)[C@H]1CNC[C@@H]1c1cnn(C)c1. The van der Waals surface area contributed by atoms with Crippen molar-refractivity contribution < 1.29 is 4.79 Å². The molecule has 24 heavy (non-hydrogen) atoms. The van der Waals surface area contributed by atoms with Crippen molar-refractivity contribution in [1.82, 2.24) is 20.4 Å². The fourth-order valence-corrected chi connectivity index (χ4v) is 3.78. The second-order valence-electron chi connectivity index (χ2n) is 6.52. The summed E-state index contributed by atoms with van der Waals surface area (Å²) in [7, 11) is 1.90. The Morgan fingerprint density at radius 3 is 2.96 bits per heavy atom. The standard InChI is InChI=1S/C18H23BrN4O/c1-12(7-13-5-3-4-6-17(13)19)22-18(24)16-10-20-9-15(16)14-8-21-23(2)11-14/h3-6,8,11-12,15-16,20H,7,9-10H2,1-2H3,(H,22,24)/t12?,15-,16+/m1/s1. The third-order valence-electron chi connectivity index (χ3n) is 4.58. The molecule has 1 aliphatic rings. The van der Waals surface area contributed by atoms with Gasteiger partial charge in [-0.2, -0.15) is 5.10 Å². The molecule has 1 amide bonds. The number of hydrogen-bond acceptors (Lipinski definition) is 3. The maximum atomic E-state index is 12.7. The Labute approximate surface area is 151 Å². The zero-order chi connectivity index (χ0) is 17.1. The van der Waals surface area contributed by atoms with E-state index in [1.165, 1.54) is 5.56 Å². The van der Waals surface area contributed by atoms with Crippen LogP contribution in [-0.2, 0) is 18.3 Å². The first kappa shape index (κ1) is 17.2. The predicted octanol–water partition coefficient (Wildman–Crippen LogP) is 2.23. The molecule has 1 aliphatic heterocycles. The first-order valence-corrected chi connectivity index (χ1v) is 9.07. The van der Waals surface area contributed by atoms with E-state index in [0.717, 1.165) is 23.0 Å².